The van der Waals surface area contributed by atoms with Crippen molar-refractivity contribution in [3.63, 3.8) is 0 Å². The number of hydrogen-bond donors (Lipinski definition) is 0. The minimum atomic E-state index is -0.161. The lowest BCUT2D eigenvalue weighted by molar-refractivity contribution is -0.476. The number of halogens is 1. The van der Waals surface area contributed by atoms with Crippen molar-refractivity contribution in [2.24, 2.45) is 11.8 Å². The highest BCUT2D eigenvalue weighted by Crippen LogP contribution is 2.45. The van der Waals surface area contributed by atoms with E-state index in [1.54, 1.807) is 0 Å². The molecule has 0 unspecified atom stereocenters. The van der Waals surface area contributed by atoms with Crippen LogP contribution < -0.4 is 17.0 Å². The van der Waals surface area contributed by atoms with E-state index in [0.29, 0.717) is 5.92 Å². The monoisotopic (exact) mass is 765 g/mol. The van der Waals surface area contributed by atoms with E-state index >= 15 is 0 Å². The predicted octanol–water partition coefficient (Wildman–Crippen LogP) is 8.63. The number of ether oxygens (including phenoxy) is 1. The van der Waals surface area contributed by atoms with Crippen LogP contribution in [-0.4, -0.2) is 31.2 Å². The highest BCUT2D eigenvalue weighted by molar-refractivity contribution is 5.90. The zero-order valence-electron chi connectivity index (χ0n) is 32.3. The van der Waals surface area contributed by atoms with Gasteiger partial charge in [0.15, 0.2) is 0 Å². The minimum Gasteiger partial charge on any atom is -1.00 e. The lowest BCUT2D eigenvalue weighted by Crippen LogP contribution is -3.00. The van der Waals surface area contributed by atoms with Crippen LogP contribution in [0.1, 0.15) is 67.5 Å². The lowest BCUT2D eigenvalue weighted by atomic mass is 9.63. The third-order valence-electron chi connectivity index (χ3n) is 10.1. The van der Waals surface area contributed by atoms with Gasteiger partial charge < -0.3 is 21.7 Å². The maximum atomic E-state index is 5.98. The zero-order chi connectivity index (χ0) is 36.8. The average molecular weight is 767 g/mol. The van der Waals surface area contributed by atoms with Crippen molar-refractivity contribution in [3.05, 3.63) is 215 Å². The number of benzene rings is 6. The molecule has 1 saturated heterocycles. The predicted molar refractivity (Wildman–Crippen MR) is 220 cm³/mol. The van der Waals surface area contributed by atoms with Crippen LogP contribution in [0.25, 0.3) is 0 Å². The largest absolute Gasteiger partial charge is 1.00 e. The van der Waals surface area contributed by atoms with Crippen LogP contribution in [-0.2, 0) is 22.0 Å². The first-order valence-electron chi connectivity index (χ1n) is 18.8. The Balaban J connectivity index is 0.000000187. The van der Waals surface area contributed by atoms with E-state index in [4.69, 9.17) is 4.74 Å². The van der Waals surface area contributed by atoms with Crippen molar-refractivity contribution >= 4 is 5.90 Å². The number of hydrogen-bond acceptors (Lipinski definition) is 1. The van der Waals surface area contributed by atoms with E-state index in [2.05, 4.69) is 228 Å². The van der Waals surface area contributed by atoms with E-state index in [1.165, 1.54) is 39.8 Å². The van der Waals surface area contributed by atoms with Crippen LogP contribution in [0.2, 0.25) is 0 Å². The Bertz CT molecular complexity index is 1780. The fourth-order valence-corrected chi connectivity index (χ4v) is 7.88. The molecule has 0 aromatic heterocycles. The summed E-state index contributed by atoms with van der Waals surface area (Å²) in [7, 11) is 4.11. The molecule has 53 heavy (non-hydrogen) atoms. The van der Waals surface area contributed by atoms with E-state index in [0.717, 1.165) is 24.8 Å². The van der Waals surface area contributed by atoms with Crippen LogP contribution in [0, 0.1) is 11.8 Å². The maximum Gasteiger partial charge on any atom is 0.351 e. The molecule has 6 aromatic carbocycles. The van der Waals surface area contributed by atoms with Crippen molar-refractivity contribution < 1.29 is 26.3 Å². The first-order chi connectivity index (χ1) is 25.3. The van der Waals surface area contributed by atoms with Crippen molar-refractivity contribution in [2.45, 2.75) is 51.4 Å². The maximum absolute atomic E-state index is 5.98. The summed E-state index contributed by atoms with van der Waals surface area (Å²) >= 11 is 0. The molecule has 6 aromatic rings. The Morgan fingerprint density at radius 1 is 0.528 bits per heavy atom. The van der Waals surface area contributed by atoms with Gasteiger partial charge in [0.1, 0.15) is 19.5 Å². The summed E-state index contributed by atoms with van der Waals surface area (Å²) in [6.07, 6.45) is 2.18. The molecule has 0 bridgehead atoms. The Labute approximate surface area is 330 Å². The van der Waals surface area contributed by atoms with E-state index in [9.17, 15) is 0 Å². The summed E-state index contributed by atoms with van der Waals surface area (Å²) in [5, 5.41) is 0. The van der Waals surface area contributed by atoms with Crippen molar-refractivity contribution in [1.82, 2.24) is 0 Å². The standard InChI is InChI=1S/C22H22.C18H20NO.C10H14.BrH/c1-18(2)22(19-12-6-3-7-13-19,20-14-8-4-9-15-20)21-16-10-5-11-17-21;1-19(2)17-18(13-14-20-17,15-9-5-3-6-10-15)16-11-7-4-8-12-16;1-9(2)8-10-6-4-3-5-7-10;/h3-18H,1-2H3;3-12H,13-14H2,1-2H3;3-7,9H,8H2,1-2H3;1H/q;+1;;/p-1. The molecule has 0 spiro atoms. The Morgan fingerprint density at radius 2 is 0.868 bits per heavy atom. The number of nitrogens with zero attached hydrogens (tertiary/aromatic N) is 1. The van der Waals surface area contributed by atoms with Gasteiger partial charge in [-0.2, -0.15) is 0 Å². The second-order valence-corrected chi connectivity index (χ2v) is 14.6. The molecule has 0 radical (unpaired) electrons. The third kappa shape index (κ3) is 9.64. The average Bonchev–Trinajstić information content (AvgIpc) is 3.65. The summed E-state index contributed by atoms with van der Waals surface area (Å²) in [5.41, 5.74) is 7.81. The summed E-state index contributed by atoms with van der Waals surface area (Å²) in [5.74, 6) is 2.25. The summed E-state index contributed by atoms with van der Waals surface area (Å²) in [4.78, 5) is 0. The van der Waals surface area contributed by atoms with Gasteiger partial charge in [0.2, 0.25) is 0 Å². The topological polar surface area (TPSA) is 12.2 Å². The van der Waals surface area contributed by atoms with Gasteiger partial charge in [-0.25, -0.2) is 4.58 Å². The third-order valence-corrected chi connectivity index (χ3v) is 10.1. The first kappa shape index (κ1) is 41.0. The molecule has 0 atom stereocenters. The molecule has 0 saturated carbocycles. The van der Waals surface area contributed by atoms with Crippen molar-refractivity contribution in [1.29, 1.82) is 0 Å². The second kappa shape index (κ2) is 19.9. The Morgan fingerprint density at radius 3 is 1.19 bits per heavy atom. The molecule has 1 fully saturated rings. The van der Waals surface area contributed by atoms with Crippen LogP contribution >= 0.6 is 0 Å². The van der Waals surface area contributed by atoms with Gasteiger partial charge in [-0.05, 0) is 51.6 Å². The van der Waals surface area contributed by atoms with Gasteiger partial charge in [0, 0.05) is 11.8 Å². The van der Waals surface area contributed by atoms with E-state index < -0.39 is 0 Å². The fourth-order valence-electron chi connectivity index (χ4n) is 7.88. The smallest absolute Gasteiger partial charge is 0.351 e. The van der Waals surface area contributed by atoms with Crippen LogP contribution in [0.15, 0.2) is 182 Å². The van der Waals surface area contributed by atoms with Crippen molar-refractivity contribution in [3.8, 4) is 0 Å². The molecule has 0 aliphatic carbocycles. The highest BCUT2D eigenvalue weighted by atomic mass is 79.9. The Hall–Kier alpha value is -4.73. The van der Waals surface area contributed by atoms with Crippen LogP contribution in [0.4, 0.5) is 0 Å². The van der Waals surface area contributed by atoms with Gasteiger partial charge >= 0.3 is 5.90 Å². The normalized spacial score (nSPS) is 13.1. The van der Waals surface area contributed by atoms with Gasteiger partial charge in [0.05, 0.1) is 6.61 Å². The summed E-state index contributed by atoms with van der Waals surface area (Å²) < 4.78 is 8.09. The van der Waals surface area contributed by atoms with Gasteiger partial charge in [-0.15, -0.1) is 0 Å². The molecule has 0 amide bonds. The number of rotatable bonds is 8. The minimum absolute atomic E-state index is 0. The first-order valence-corrected chi connectivity index (χ1v) is 18.8. The molecule has 274 valence electrons. The SMILES string of the molecule is CC(C)C(c1ccccc1)(c1ccccc1)c1ccccc1.CC(C)Cc1ccccc1.C[N+](C)=C1OCCC1(c1ccccc1)c1ccccc1.[Br-]. The molecule has 7 rings (SSSR count). The second-order valence-electron chi connectivity index (χ2n) is 14.6. The van der Waals surface area contributed by atoms with Crippen LogP contribution in [0.3, 0.4) is 0 Å². The molecule has 1 heterocycles. The van der Waals surface area contributed by atoms with E-state index in [1.807, 2.05) is 0 Å². The molecule has 3 heteroatoms. The van der Waals surface area contributed by atoms with Crippen molar-refractivity contribution in [2.75, 3.05) is 20.7 Å². The molecule has 1 aliphatic heterocycles. The van der Waals surface area contributed by atoms with Gasteiger partial charge in [-0.1, -0.05) is 210 Å². The van der Waals surface area contributed by atoms with Gasteiger partial charge in [0.25, 0.3) is 0 Å². The highest BCUT2D eigenvalue weighted by Gasteiger charge is 2.50. The summed E-state index contributed by atoms with van der Waals surface area (Å²) in [6.45, 7) is 9.87. The zero-order valence-corrected chi connectivity index (χ0v) is 33.9. The fraction of sp³-hybridized carbons (Fsp3) is 0.260. The Kier molecular flexibility index (Phi) is 15.4. The summed E-state index contributed by atoms with van der Waals surface area (Å²) in [6, 6.07) is 64.5. The molecule has 0 N–H and O–H groups in total. The molecule has 2 nitrogen and oxygen atoms in total. The molecule has 1 aliphatic rings. The molecular formula is C50H56BrNO. The van der Waals surface area contributed by atoms with E-state index in [-0.39, 0.29) is 27.8 Å². The van der Waals surface area contributed by atoms with Gasteiger partial charge in [-0.3, -0.25) is 0 Å². The quantitative estimate of drug-likeness (QED) is 0.112. The van der Waals surface area contributed by atoms with Crippen LogP contribution in [0.5, 0.6) is 0 Å². The molecular weight excluding hydrogens is 710 g/mol. The lowest BCUT2D eigenvalue weighted by Gasteiger charge is -2.39.